The third-order valence-electron chi connectivity index (χ3n) is 2.30. The Labute approximate surface area is 96.7 Å². The lowest BCUT2D eigenvalue weighted by molar-refractivity contribution is 0.113. The normalized spacial score (nSPS) is 13.0. The van der Waals surface area contributed by atoms with Crippen molar-refractivity contribution in [1.29, 1.82) is 0 Å². The monoisotopic (exact) mass is 227 g/mol. The minimum absolute atomic E-state index is 0.363. The van der Waals surface area contributed by atoms with Gasteiger partial charge in [0.05, 0.1) is 12.6 Å². The molecular formula is C12H21NOS. The van der Waals surface area contributed by atoms with Gasteiger partial charge in [-0.15, -0.1) is 11.3 Å². The molecule has 1 atom stereocenters. The predicted octanol–water partition coefficient (Wildman–Crippen LogP) is 3.13. The lowest BCUT2D eigenvalue weighted by atomic mass is 10.2. The fourth-order valence-corrected chi connectivity index (χ4v) is 2.55. The van der Waals surface area contributed by atoms with E-state index >= 15 is 0 Å². The van der Waals surface area contributed by atoms with Crippen LogP contribution >= 0.6 is 11.3 Å². The van der Waals surface area contributed by atoms with E-state index in [1.54, 1.807) is 0 Å². The summed E-state index contributed by atoms with van der Waals surface area (Å²) in [5.74, 6) is 0. The molecule has 15 heavy (non-hydrogen) atoms. The molecule has 0 radical (unpaired) electrons. The van der Waals surface area contributed by atoms with Crippen molar-refractivity contribution < 1.29 is 4.74 Å². The quantitative estimate of drug-likeness (QED) is 0.723. The van der Waals surface area contributed by atoms with Gasteiger partial charge in [-0.1, -0.05) is 13.8 Å². The summed E-state index contributed by atoms with van der Waals surface area (Å²) in [6.07, 6.45) is 1.09. The molecule has 0 spiro atoms. The predicted molar refractivity (Wildman–Crippen MR) is 66.6 cm³/mol. The van der Waals surface area contributed by atoms with Crippen molar-refractivity contribution in [3.8, 4) is 0 Å². The van der Waals surface area contributed by atoms with Crippen molar-refractivity contribution in [3.63, 3.8) is 0 Å². The first kappa shape index (κ1) is 12.7. The van der Waals surface area contributed by atoms with Gasteiger partial charge in [-0.3, -0.25) is 0 Å². The highest BCUT2D eigenvalue weighted by Gasteiger charge is 2.13. The Bertz CT molecular complexity index is 272. The topological polar surface area (TPSA) is 21.3 Å². The molecule has 0 saturated carbocycles. The van der Waals surface area contributed by atoms with Gasteiger partial charge >= 0.3 is 0 Å². The maximum Gasteiger partial charge on any atom is 0.0669 e. The molecular weight excluding hydrogens is 206 g/mol. The molecule has 86 valence electrons. The third-order valence-corrected chi connectivity index (χ3v) is 3.43. The van der Waals surface area contributed by atoms with Crippen LogP contribution in [0.2, 0.25) is 0 Å². The summed E-state index contributed by atoms with van der Waals surface area (Å²) in [6, 6.07) is 2.53. The maximum atomic E-state index is 5.62. The number of nitrogens with one attached hydrogen (secondary N) is 1. The molecule has 3 heteroatoms. The second-order valence-corrected chi connectivity index (χ2v) is 4.60. The lowest BCUT2D eigenvalue weighted by Crippen LogP contribution is -2.25. The van der Waals surface area contributed by atoms with Crippen molar-refractivity contribution in [2.75, 3.05) is 19.8 Å². The Hall–Kier alpha value is -0.380. The SMILES string of the molecule is CCCOCC(NCC)c1sccc1C. The second-order valence-electron chi connectivity index (χ2n) is 3.65. The fourth-order valence-electron chi connectivity index (χ4n) is 1.56. The van der Waals surface area contributed by atoms with Crippen molar-refractivity contribution in [3.05, 3.63) is 21.9 Å². The minimum Gasteiger partial charge on any atom is -0.379 e. The van der Waals surface area contributed by atoms with Gasteiger partial charge in [-0.25, -0.2) is 0 Å². The van der Waals surface area contributed by atoms with E-state index in [0.29, 0.717) is 6.04 Å². The smallest absolute Gasteiger partial charge is 0.0669 e. The van der Waals surface area contributed by atoms with Crippen LogP contribution in [-0.2, 0) is 4.74 Å². The Kier molecular flexibility index (Phi) is 5.91. The van der Waals surface area contributed by atoms with Crippen LogP contribution in [0.4, 0.5) is 0 Å². The molecule has 0 bridgehead atoms. The summed E-state index contributed by atoms with van der Waals surface area (Å²) >= 11 is 1.81. The Balaban J connectivity index is 2.53. The molecule has 1 unspecified atom stereocenters. The molecule has 1 heterocycles. The molecule has 1 aromatic rings. The first-order chi connectivity index (χ1) is 7.29. The minimum atomic E-state index is 0.363. The molecule has 0 aliphatic carbocycles. The molecule has 2 nitrogen and oxygen atoms in total. The van der Waals surface area contributed by atoms with E-state index in [4.69, 9.17) is 4.74 Å². The van der Waals surface area contributed by atoms with Gasteiger partial charge in [-0.05, 0) is 36.9 Å². The van der Waals surface area contributed by atoms with Gasteiger partial charge in [0.2, 0.25) is 0 Å². The molecule has 0 saturated heterocycles. The fraction of sp³-hybridized carbons (Fsp3) is 0.667. The Morgan fingerprint density at radius 3 is 2.80 bits per heavy atom. The van der Waals surface area contributed by atoms with E-state index in [1.807, 2.05) is 11.3 Å². The van der Waals surface area contributed by atoms with Crippen LogP contribution in [0.15, 0.2) is 11.4 Å². The number of hydrogen-bond acceptors (Lipinski definition) is 3. The van der Waals surface area contributed by atoms with Crippen molar-refractivity contribution >= 4 is 11.3 Å². The standard InChI is InChI=1S/C12H21NOS/c1-4-7-14-9-11(13-5-2)12-10(3)6-8-15-12/h6,8,11,13H,4-5,7,9H2,1-3H3. The first-order valence-corrected chi connectivity index (χ1v) is 6.52. The largest absolute Gasteiger partial charge is 0.379 e. The molecule has 0 aliphatic rings. The molecule has 1 aromatic heterocycles. The van der Waals surface area contributed by atoms with Crippen molar-refractivity contribution in [2.24, 2.45) is 0 Å². The van der Waals surface area contributed by atoms with Crippen LogP contribution < -0.4 is 5.32 Å². The van der Waals surface area contributed by atoms with Crippen LogP contribution in [0.3, 0.4) is 0 Å². The highest BCUT2D eigenvalue weighted by molar-refractivity contribution is 7.10. The highest BCUT2D eigenvalue weighted by atomic mass is 32.1. The average Bonchev–Trinajstić information content (AvgIpc) is 2.64. The van der Waals surface area contributed by atoms with Gasteiger partial charge in [-0.2, -0.15) is 0 Å². The number of thiophene rings is 1. The van der Waals surface area contributed by atoms with E-state index in [9.17, 15) is 0 Å². The molecule has 0 aromatic carbocycles. The number of ether oxygens (including phenoxy) is 1. The zero-order valence-electron chi connectivity index (χ0n) is 9.88. The van der Waals surface area contributed by atoms with Crippen LogP contribution in [-0.4, -0.2) is 19.8 Å². The zero-order chi connectivity index (χ0) is 11.1. The Morgan fingerprint density at radius 1 is 1.47 bits per heavy atom. The van der Waals surface area contributed by atoms with Crippen LogP contribution in [0.1, 0.15) is 36.8 Å². The van der Waals surface area contributed by atoms with E-state index in [-0.39, 0.29) is 0 Å². The molecule has 0 fully saturated rings. The average molecular weight is 227 g/mol. The zero-order valence-corrected chi connectivity index (χ0v) is 10.7. The molecule has 1 rings (SSSR count). The summed E-state index contributed by atoms with van der Waals surface area (Å²) in [6.45, 7) is 9.05. The number of hydrogen-bond donors (Lipinski definition) is 1. The number of likely N-dealkylation sites (N-methyl/N-ethyl adjacent to an activating group) is 1. The van der Waals surface area contributed by atoms with Crippen molar-refractivity contribution in [2.45, 2.75) is 33.2 Å². The van der Waals surface area contributed by atoms with E-state index < -0.39 is 0 Å². The van der Waals surface area contributed by atoms with Crippen LogP contribution in [0.5, 0.6) is 0 Å². The summed E-state index contributed by atoms with van der Waals surface area (Å²) < 4.78 is 5.62. The van der Waals surface area contributed by atoms with E-state index in [1.165, 1.54) is 10.4 Å². The molecule has 1 N–H and O–H groups in total. The van der Waals surface area contributed by atoms with Gasteiger partial charge in [0.1, 0.15) is 0 Å². The summed E-state index contributed by atoms with van der Waals surface area (Å²) in [7, 11) is 0. The van der Waals surface area contributed by atoms with Crippen LogP contribution in [0, 0.1) is 6.92 Å². The maximum absolute atomic E-state index is 5.62. The first-order valence-electron chi connectivity index (χ1n) is 5.64. The number of rotatable bonds is 7. The van der Waals surface area contributed by atoms with Gasteiger partial charge in [0, 0.05) is 11.5 Å². The second kappa shape index (κ2) is 6.99. The van der Waals surface area contributed by atoms with E-state index in [0.717, 1.165) is 26.2 Å². The van der Waals surface area contributed by atoms with Crippen molar-refractivity contribution in [1.82, 2.24) is 5.32 Å². The lowest BCUT2D eigenvalue weighted by Gasteiger charge is -2.17. The highest BCUT2D eigenvalue weighted by Crippen LogP contribution is 2.24. The van der Waals surface area contributed by atoms with Gasteiger partial charge < -0.3 is 10.1 Å². The van der Waals surface area contributed by atoms with Gasteiger partial charge in [0.25, 0.3) is 0 Å². The Morgan fingerprint density at radius 2 is 2.27 bits per heavy atom. The third kappa shape index (κ3) is 3.93. The summed E-state index contributed by atoms with van der Waals surface area (Å²) in [4.78, 5) is 1.41. The van der Waals surface area contributed by atoms with E-state index in [2.05, 4.69) is 37.5 Å². The van der Waals surface area contributed by atoms with Gasteiger partial charge in [0.15, 0.2) is 0 Å². The molecule has 0 aliphatic heterocycles. The summed E-state index contributed by atoms with van der Waals surface area (Å²) in [5.41, 5.74) is 1.37. The van der Waals surface area contributed by atoms with Crippen LogP contribution in [0.25, 0.3) is 0 Å². The summed E-state index contributed by atoms with van der Waals surface area (Å²) in [5, 5.41) is 5.62. The molecule has 0 amide bonds. The number of aryl methyl sites for hydroxylation is 1.